The Hall–Kier alpha value is -2.97. The summed E-state index contributed by atoms with van der Waals surface area (Å²) in [5.41, 5.74) is 3.13. The standard InChI is InChI=1S/C19H16N4O2S2/c1-14-21-19(13-26-14)15-3-5-16(6-4-15)22-27(24,25)18-9-7-17(8-10-18)23-12-2-11-20-23/h2-13,22H,1H3. The largest absolute Gasteiger partial charge is 0.280 e. The zero-order valence-electron chi connectivity index (χ0n) is 14.4. The highest BCUT2D eigenvalue weighted by molar-refractivity contribution is 7.92. The van der Waals surface area contributed by atoms with Gasteiger partial charge in [-0.25, -0.2) is 18.1 Å². The van der Waals surface area contributed by atoms with E-state index in [1.807, 2.05) is 30.5 Å². The molecule has 0 fully saturated rings. The third kappa shape index (κ3) is 3.76. The zero-order chi connectivity index (χ0) is 18.9. The number of nitrogens with one attached hydrogen (secondary N) is 1. The minimum absolute atomic E-state index is 0.192. The summed E-state index contributed by atoms with van der Waals surface area (Å²) in [7, 11) is -3.67. The van der Waals surface area contributed by atoms with Crippen LogP contribution in [0.1, 0.15) is 5.01 Å². The van der Waals surface area contributed by atoms with Crippen LogP contribution >= 0.6 is 11.3 Å². The second kappa shape index (κ2) is 6.98. The monoisotopic (exact) mass is 396 g/mol. The highest BCUT2D eigenvalue weighted by atomic mass is 32.2. The van der Waals surface area contributed by atoms with Gasteiger partial charge in [-0.3, -0.25) is 4.72 Å². The van der Waals surface area contributed by atoms with E-state index in [9.17, 15) is 8.42 Å². The van der Waals surface area contributed by atoms with E-state index in [0.29, 0.717) is 5.69 Å². The first kappa shape index (κ1) is 17.4. The van der Waals surface area contributed by atoms with Gasteiger partial charge in [0.2, 0.25) is 0 Å². The molecular weight excluding hydrogens is 380 g/mol. The Morgan fingerprint density at radius 3 is 2.37 bits per heavy atom. The Labute approximate surface area is 161 Å². The Morgan fingerprint density at radius 1 is 1.04 bits per heavy atom. The van der Waals surface area contributed by atoms with E-state index in [1.165, 1.54) is 0 Å². The van der Waals surface area contributed by atoms with Gasteiger partial charge in [0.1, 0.15) is 0 Å². The second-order valence-corrected chi connectivity index (χ2v) is 8.62. The minimum atomic E-state index is -3.67. The number of hydrogen-bond acceptors (Lipinski definition) is 5. The number of benzene rings is 2. The van der Waals surface area contributed by atoms with Crippen LogP contribution in [0.2, 0.25) is 0 Å². The summed E-state index contributed by atoms with van der Waals surface area (Å²) in [5.74, 6) is 0. The highest BCUT2D eigenvalue weighted by Gasteiger charge is 2.14. The maximum absolute atomic E-state index is 12.6. The molecule has 0 aliphatic heterocycles. The molecule has 0 saturated heterocycles. The molecule has 0 atom stereocenters. The molecule has 0 spiro atoms. The van der Waals surface area contributed by atoms with Gasteiger partial charge in [-0.1, -0.05) is 12.1 Å². The van der Waals surface area contributed by atoms with Crippen LogP contribution in [0.25, 0.3) is 16.9 Å². The summed E-state index contributed by atoms with van der Waals surface area (Å²) in [6.07, 6.45) is 3.47. The molecule has 4 aromatic rings. The van der Waals surface area contributed by atoms with Crippen molar-refractivity contribution in [1.82, 2.24) is 14.8 Å². The molecule has 6 nitrogen and oxygen atoms in total. The molecule has 4 rings (SSSR count). The van der Waals surface area contributed by atoms with Crippen molar-refractivity contribution in [3.8, 4) is 16.9 Å². The first-order valence-corrected chi connectivity index (χ1v) is 10.5. The topological polar surface area (TPSA) is 76.9 Å². The van der Waals surface area contributed by atoms with Gasteiger partial charge in [-0.2, -0.15) is 5.10 Å². The number of hydrogen-bond donors (Lipinski definition) is 1. The lowest BCUT2D eigenvalue weighted by Gasteiger charge is -2.09. The van der Waals surface area contributed by atoms with Crippen LogP contribution in [0.4, 0.5) is 5.69 Å². The molecule has 136 valence electrons. The molecule has 0 aliphatic rings. The third-order valence-electron chi connectivity index (χ3n) is 3.97. The Balaban J connectivity index is 1.52. The predicted octanol–water partition coefficient (Wildman–Crippen LogP) is 4.11. The first-order valence-electron chi connectivity index (χ1n) is 8.17. The molecule has 0 saturated carbocycles. The van der Waals surface area contributed by atoms with E-state index in [0.717, 1.165) is 22.0 Å². The number of anilines is 1. The van der Waals surface area contributed by atoms with Gasteiger partial charge in [0.25, 0.3) is 10.0 Å². The van der Waals surface area contributed by atoms with Crippen molar-refractivity contribution in [3.05, 3.63) is 77.4 Å². The van der Waals surface area contributed by atoms with Gasteiger partial charge in [-0.15, -0.1) is 11.3 Å². The summed E-state index contributed by atoms with van der Waals surface area (Å²) in [6.45, 7) is 1.95. The van der Waals surface area contributed by atoms with Crippen LogP contribution < -0.4 is 4.72 Å². The lowest BCUT2D eigenvalue weighted by Crippen LogP contribution is -2.13. The quantitative estimate of drug-likeness (QED) is 0.551. The van der Waals surface area contributed by atoms with Gasteiger partial charge in [0, 0.05) is 29.0 Å². The van der Waals surface area contributed by atoms with Crippen LogP contribution in [0, 0.1) is 6.92 Å². The molecule has 0 unspecified atom stereocenters. The molecule has 0 aliphatic carbocycles. The molecule has 1 N–H and O–H groups in total. The van der Waals surface area contributed by atoms with Crippen molar-refractivity contribution in [2.45, 2.75) is 11.8 Å². The minimum Gasteiger partial charge on any atom is -0.280 e. The number of rotatable bonds is 5. The summed E-state index contributed by atoms with van der Waals surface area (Å²) in [6, 6.07) is 15.5. The molecule has 2 aromatic carbocycles. The average Bonchev–Trinajstić information content (AvgIpc) is 3.34. The molecule has 8 heteroatoms. The summed E-state index contributed by atoms with van der Waals surface area (Å²) >= 11 is 1.58. The van der Waals surface area contributed by atoms with Crippen molar-refractivity contribution in [1.29, 1.82) is 0 Å². The molecule has 0 radical (unpaired) electrons. The van der Waals surface area contributed by atoms with E-state index < -0.39 is 10.0 Å². The van der Waals surface area contributed by atoms with Crippen molar-refractivity contribution in [3.63, 3.8) is 0 Å². The Morgan fingerprint density at radius 2 is 1.78 bits per heavy atom. The zero-order valence-corrected chi connectivity index (χ0v) is 16.0. The van der Waals surface area contributed by atoms with Crippen LogP contribution in [-0.4, -0.2) is 23.2 Å². The Bertz CT molecular complexity index is 1150. The van der Waals surface area contributed by atoms with Crippen molar-refractivity contribution >= 4 is 27.0 Å². The summed E-state index contributed by atoms with van der Waals surface area (Å²) in [5, 5.41) is 7.10. The normalized spacial score (nSPS) is 11.4. The summed E-state index contributed by atoms with van der Waals surface area (Å²) in [4.78, 5) is 4.63. The van der Waals surface area contributed by atoms with Gasteiger partial charge in [0.15, 0.2) is 0 Å². The van der Waals surface area contributed by atoms with Crippen molar-refractivity contribution in [2.24, 2.45) is 0 Å². The van der Waals surface area contributed by atoms with E-state index in [1.54, 1.807) is 64.8 Å². The molecule has 0 bridgehead atoms. The first-order chi connectivity index (χ1) is 13.0. The highest BCUT2D eigenvalue weighted by Crippen LogP contribution is 2.24. The number of aromatic nitrogens is 3. The van der Waals surface area contributed by atoms with Gasteiger partial charge in [-0.05, 0) is 49.4 Å². The van der Waals surface area contributed by atoms with Gasteiger partial charge in [0.05, 0.1) is 21.3 Å². The number of sulfonamides is 1. The second-order valence-electron chi connectivity index (χ2n) is 5.88. The molecule has 2 aromatic heterocycles. The lowest BCUT2D eigenvalue weighted by atomic mass is 10.1. The van der Waals surface area contributed by atoms with Crippen molar-refractivity contribution in [2.75, 3.05) is 4.72 Å². The van der Waals surface area contributed by atoms with Crippen molar-refractivity contribution < 1.29 is 8.42 Å². The van der Waals surface area contributed by atoms with Crippen LogP contribution in [0.3, 0.4) is 0 Å². The SMILES string of the molecule is Cc1nc(-c2ccc(NS(=O)(=O)c3ccc(-n4cccn4)cc3)cc2)cs1. The van der Waals surface area contributed by atoms with E-state index >= 15 is 0 Å². The number of nitrogens with zero attached hydrogens (tertiary/aromatic N) is 3. The maximum atomic E-state index is 12.6. The number of aryl methyl sites for hydroxylation is 1. The molecule has 0 amide bonds. The fourth-order valence-corrected chi connectivity index (χ4v) is 4.30. The molecular formula is C19H16N4O2S2. The smallest absolute Gasteiger partial charge is 0.261 e. The lowest BCUT2D eigenvalue weighted by molar-refractivity contribution is 0.601. The maximum Gasteiger partial charge on any atom is 0.261 e. The van der Waals surface area contributed by atoms with E-state index in [2.05, 4.69) is 14.8 Å². The molecule has 27 heavy (non-hydrogen) atoms. The van der Waals surface area contributed by atoms with Crippen LogP contribution in [-0.2, 0) is 10.0 Å². The van der Waals surface area contributed by atoms with E-state index in [4.69, 9.17) is 0 Å². The number of thiazole rings is 1. The fourth-order valence-electron chi connectivity index (χ4n) is 2.62. The van der Waals surface area contributed by atoms with Gasteiger partial charge >= 0.3 is 0 Å². The average molecular weight is 396 g/mol. The van der Waals surface area contributed by atoms with Gasteiger partial charge < -0.3 is 0 Å². The third-order valence-corrected chi connectivity index (χ3v) is 6.14. The van der Waals surface area contributed by atoms with E-state index in [-0.39, 0.29) is 4.90 Å². The Kier molecular flexibility index (Phi) is 4.51. The predicted molar refractivity (Wildman–Crippen MR) is 107 cm³/mol. The fraction of sp³-hybridized carbons (Fsp3) is 0.0526. The van der Waals surface area contributed by atoms with Crippen LogP contribution in [0.5, 0.6) is 0 Å². The summed E-state index contributed by atoms with van der Waals surface area (Å²) < 4.78 is 29.5. The molecule has 2 heterocycles. The van der Waals surface area contributed by atoms with Crippen LogP contribution in [0.15, 0.2) is 77.3 Å².